The largest absolute Gasteiger partial charge is 0.481 e. The molecule has 26 heavy (non-hydrogen) atoms. The predicted molar refractivity (Wildman–Crippen MR) is 97.0 cm³/mol. The highest BCUT2D eigenvalue weighted by molar-refractivity contribution is 5.84. The molecule has 1 aliphatic heterocycles. The monoisotopic (exact) mass is 350 g/mol. The van der Waals surface area contributed by atoms with Crippen molar-refractivity contribution in [3.05, 3.63) is 63.9 Å². The van der Waals surface area contributed by atoms with Gasteiger partial charge in [-0.25, -0.2) is 4.98 Å². The number of carboxylic acid groups (broad SMARTS) is 1. The third-order valence-corrected chi connectivity index (χ3v) is 5.07. The summed E-state index contributed by atoms with van der Waals surface area (Å²) >= 11 is 0. The number of para-hydroxylation sites is 1. The Labute approximate surface area is 149 Å². The van der Waals surface area contributed by atoms with Crippen molar-refractivity contribution in [3.8, 4) is 11.4 Å². The second-order valence-electron chi connectivity index (χ2n) is 6.70. The van der Waals surface area contributed by atoms with Gasteiger partial charge in [0.2, 0.25) is 0 Å². The maximum absolute atomic E-state index is 12.6. The number of hydrogen-bond donors (Lipinski definition) is 2. The van der Waals surface area contributed by atoms with Crippen LogP contribution in [-0.4, -0.2) is 25.7 Å². The minimum Gasteiger partial charge on any atom is -0.481 e. The number of carboxylic acids is 1. The molecule has 6 heteroatoms. The SMILES string of the molecule is CCC(O)(CC(=O)O)c1cc2n(c(=O)c1)Cc1cc3ccccc3nc1-2. The molecule has 2 N–H and O–H groups in total. The lowest BCUT2D eigenvalue weighted by Gasteiger charge is -2.26. The lowest BCUT2D eigenvalue weighted by Crippen LogP contribution is -2.31. The van der Waals surface area contributed by atoms with Gasteiger partial charge in [-0.05, 0) is 30.2 Å². The molecule has 1 aliphatic rings. The van der Waals surface area contributed by atoms with Crippen LogP contribution in [0.15, 0.2) is 47.3 Å². The fourth-order valence-corrected chi connectivity index (χ4v) is 3.58. The van der Waals surface area contributed by atoms with Crippen molar-refractivity contribution >= 4 is 16.9 Å². The van der Waals surface area contributed by atoms with E-state index in [1.165, 1.54) is 6.07 Å². The summed E-state index contributed by atoms with van der Waals surface area (Å²) in [7, 11) is 0. The van der Waals surface area contributed by atoms with Gasteiger partial charge in [-0.1, -0.05) is 25.1 Å². The molecular formula is C20H18N2O4. The van der Waals surface area contributed by atoms with Crippen molar-refractivity contribution < 1.29 is 15.0 Å². The highest BCUT2D eigenvalue weighted by Gasteiger charge is 2.33. The van der Waals surface area contributed by atoms with Crippen LogP contribution >= 0.6 is 0 Å². The number of nitrogens with zero attached hydrogens (tertiary/aromatic N) is 2. The third kappa shape index (κ3) is 2.50. The molecule has 0 spiro atoms. The van der Waals surface area contributed by atoms with Gasteiger partial charge in [0, 0.05) is 17.0 Å². The van der Waals surface area contributed by atoms with Crippen LogP contribution in [0.3, 0.4) is 0 Å². The van der Waals surface area contributed by atoms with Gasteiger partial charge in [0.15, 0.2) is 0 Å². The molecule has 1 atom stereocenters. The van der Waals surface area contributed by atoms with Gasteiger partial charge < -0.3 is 14.8 Å². The number of aromatic nitrogens is 2. The number of carbonyl (C=O) groups is 1. The first-order valence-electron chi connectivity index (χ1n) is 8.50. The Morgan fingerprint density at radius 2 is 2.04 bits per heavy atom. The van der Waals surface area contributed by atoms with Gasteiger partial charge in [0.25, 0.3) is 5.56 Å². The standard InChI is InChI=1S/C20H18N2O4/c1-2-20(26,10-18(24)25)14-8-16-19-13(11-22(16)17(23)9-14)7-12-5-3-4-6-15(12)21-19/h3-9,26H,2,10-11H2,1H3,(H,24,25). The van der Waals surface area contributed by atoms with Crippen LogP contribution in [0.1, 0.15) is 30.9 Å². The van der Waals surface area contributed by atoms with Crippen molar-refractivity contribution in [1.82, 2.24) is 9.55 Å². The molecule has 1 aromatic carbocycles. The Kier molecular flexibility index (Phi) is 3.66. The number of hydrogen-bond acceptors (Lipinski definition) is 4. The second kappa shape index (κ2) is 5.78. The molecule has 0 bridgehead atoms. The average molecular weight is 350 g/mol. The van der Waals surface area contributed by atoms with Crippen LogP contribution < -0.4 is 5.56 Å². The zero-order chi connectivity index (χ0) is 18.5. The number of rotatable bonds is 4. The highest BCUT2D eigenvalue weighted by atomic mass is 16.4. The quantitative estimate of drug-likeness (QED) is 0.590. The van der Waals surface area contributed by atoms with Crippen molar-refractivity contribution in [2.75, 3.05) is 0 Å². The van der Waals surface area contributed by atoms with Gasteiger partial charge in [0.1, 0.15) is 5.60 Å². The van der Waals surface area contributed by atoms with Gasteiger partial charge in [0.05, 0.1) is 29.9 Å². The lowest BCUT2D eigenvalue weighted by atomic mass is 9.88. The van der Waals surface area contributed by atoms with E-state index in [0.29, 0.717) is 23.5 Å². The fraction of sp³-hybridized carbons (Fsp3) is 0.250. The molecule has 1 unspecified atom stereocenters. The van der Waals surface area contributed by atoms with Crippen molar-refractivity contribution in [2.45, 2.75) is 31.9 Å². The van der Waals surface area contributed by atoms with E-state index in [4.69, 9.17) is 10.1 Å². The third-order valence-electron chi connectivity index (χ3n) is 5.07. The Bertz CT molecular complexity index is 1100. The molecule has 3 aromatic rings. The lowest BCUT2D eigenvalue weighted by molar-refractivity contribution is -0.143. The first-order valence-corrected chi connectivity index (χ1v) is 8.50. The Balaban J connectivity index is 1.91. The van der Waals surface area contributed by atoms with E-state index < -0.39 is 18.0 Å². The summed E-state index contributed by atoms with van der Waals surface area (Å²) in [6, 6.07) is 12.8. The molecule has 2 aromatic heterocycles. The van der Waals surface area contributed by atoms with Crippen molar-refractivity contribution in [1.29, 1.82) is 0 Å². The molecule has 132 valence electrons. The maximum Gasteiger partial charge on any atom is 0.306 e. The van der Waals surface area contributed by atoms with Crippen LogP contribution in [0, 0.1) is 0 Å². The Morgan fingerprint density at radius 1 is 1.27 bits per heavy atom. The zero-order valence-electron chi connectivity index (χ0n) is 14.3. The predicted octanol–water partition coefficient (Wildman–Crippen LogP) is 2.50. The maximum atomic E-state index is 12.6. The molecule has 3 heterocycles. The van der Waals surface area contributed by atoms with Crippen LogP contribution in [0.4, 0.5) is 0 Å². The number of fused-ring (bicyclic) bond motifs is 4. The van der Waals surface area contributed by atoms with Gasteiger partial charge in [-0.3, -0.25) is 9.59 Å². The smallest absolute Gasteiger partial charge is 0.306 e. The number of pyridine rings is 2. The van der Waals surface area contributed by atoms with Crippen LogP contribution in [0.2, 0.25) is 0 Å². The topological polar surface area (TPSA) is 92.4 Å². The first kappa shape index (κ1) is 16.5. The minimum atomic E-state index is -1.58. The van der Waals surface area contributed by atoms with E-state index in [1.54, 1.807) is 17.6 Å². The van der Waals surface area contributed by atoms with E-state index in [1.807, 2.05) is 30.3 Å². The van der Waals surface area contributed by atoms with Crippen LogP contribution in [0.25, 0.3) is 22.3 Å². The summed E-state index contributed by atoms with van der Waals surface area (Å²) in [6.07, 6.45) is -0.259. The molecule has 0 fully saturated rings. The second-order valence-corrected chi connectivity index (χ2v) is 6.70. The summed E-state index contributed by atoms with van der Waals surface area (Å²) in [5.74, 6) is -1.11. The molecule has 4 rings (SSSR count). The van der Waals surface area contributed by atoms with E-state index in [0.717, 1.165) is 16.5 Å². The summed E-state index contributed by atoms with van der Waals surface area (Å²) in [6.45, 7) is 2.12. The minimum absolute atomic E-state index is 0.195. The van der Waals surface area contributed by atoms with Gasteiger partial charge in [-0.2, -0.15) is 0 Å². The summed E-state index contributed by atoms with van der Waals surface area (Å²) in [4.78, 5) is 28.5. The molecule has 0 saturated carbocycles. The van der Waals surface area contributed by atoms with E-state index in [9.17, 15) is 14.7 Å². The van der Waals surface area contributed by atoms with Crippen LogP contribution in [0.5, 0.6) is 0 Å². The van der Waals surface area contributed by atoms with E-state index in [2.05, 4.69) is 0 Å². The van der Waals surface area contributed by atoms with Gasteiger partial charge >= 0.3 is 5.97 Å². The number of aliphatic carboxylic acids is 1. The van der Waals surface area contributed by atoms with Crippen LogP contribution in [-0.2, 0) is 16.9 Å². The summed E-state index contributed by atoms with van der Waals surface area (Å²) in [5, 5.41) is 20.9. The molecule has 0 saturated heterocycles. The number of benzene rings is 1. The Hall–Kier alpha value is -2.99. The highest BCUT2D eigenvalue weighted by Crippen LogP contribution is 2.35. The fourth-order valence-electron chi connectivity index (χ4n) is 3.58. The zero-order valence-corrected chi connectivity index (χ0v) is 14.3. The average Bonchev–Trinajstić information content (AvgIpc) is 2.97. The number of aliphatic hydroxyl groups is 1. The van der Waals surface area contributed by atoms with Crippen molar-refractivity contribution in [2.24, 2.45) is 0 Å². The summed E-state index contributed by atoms with van der Waals surface area (Å²) < 4.78 is 1.61. The molecular weight excluding hydrogens is 332 g/mol. The molecule has 0 aliphatic carbocycles. The van der Waals surface area contributed by atoms with E-state index >= 15 is 0 Å². The Morgan fingerprint density at radius 3 is 2.77 bits per heavy atom. The first-order chi connectivity index (χ1) is 12.4. The van der Waals surface area contributed by atoms with Gasteiger partial charge in [-0.15, -0.1) is 0 Å². The molecule has 0 radical (unpaired) electrons. The molecule has 6 nitrogen and oxygen atoms in total. The van der Waals surface area contributed by atoms with Crippen molar-refractivity contribution in [3.63, 3.8) is 0 Å². The van der Waals surface area contributed by atoms with E-state index in [-0.39, 0.29) is 12.0 Å². The molecule has 0 amide bonds. The normalized spacial score (nSPS) is 14.7. The summed E-state index contributed by atoms with van der Waals surface area (Å²) in [5.41, 5.74) is 1.56.